The fourth-order valence-corrected chi connectivity index (χ4v) is 2.19. The molecule has 2 N–H and O–H groups in total. The summed E-state index contributed by atoms with van der Waals surface area (Å²) in [5.41, 5.74) is 8.09. The fraction of sp³-hybridized carbons (Fsp3) is 0.300. The van der Waals surface area contributed by atoms with Crippen molar-refractivity contribution in [3.05, 3.63) is 23.0 Å². The van der Waals surface area contributed by atoms with Crippen molar-refractivity contribution in [3.8, 4) is 11.3 Å². The van der Waals surface area contributed by atoms with Gasteiger partial charge in [0.05, 0.1) is 11.9 Å². The first-order chi connectivity index (χ1) is 6.70. The van der Waals surface area contributed by atoms with Gasteiger partial charge in [-0.2, -0.15) is 11.3 Å². The largest absolute Gasteiger partial charge is 0.369 e. The zero-order chi connectivity index (χ0) is 10.1. The van der Waals surface area contributed by atoms with Crippen molar-refractivity contribution in [2.45, 2.75) is 19.9 Å². The van der Waals surface area contributed by atoms with E-state index in [0.717, 1.165) is 5.69 Å². The third kappa shape index (κ3) is 1.42. The Kier molecular flexibility index (Phi) is 2.29. The Bertz CT molecular complexity index is 415. The van der Waals surface area contributed by atoms with Crippen LogP contribution in [0.5, 0.6) is 0 Å². The molecule has 74 valence electrons. The summed E-state index contributed by atoms with van der Waals surface area (Å²) >= 11 is 1.68. The number of anilines is 1. The third-order valence-corrected chi connectivity index (χ3v) is 2.84. The molecule has 2 aromatic rings. The quantitative estimate of drug-likeness (QED) is 0.823. The highest BCUT2D eigenvalue weighted by Crippen LogP contribution is 2.27. The SMILES string of the molecule is CC(C)n1c(-c2ccsc2)cnc1N. The van der Waals surface area contributed by atoms with E-state index in [1.165, 1.54) is 5.56 Å². The lowest BCUT2D eigenvalue weighted by Crippen LogP contribution is -2.06. The summed E-state index contributed by atoms with van der Waals surface area (Å²) in [6.07, 6.45) is 1.83. The second kappa shape index (κ2) is 3.46. The minimum atomic E-state index is 0.340. The van der Waals surface area contributed by atoms with Crippen molar-refractivity contribution >= 4 is 17.3 Å². The van der Waals surface area contributed by atoms with E-state index in [9.17, 15) is 0 Å². The van der Waals surface area contributed by atoms with E-state index in [-0.39, 0.29) is 0 Å². The van der Waals surface area contributed by atoms with E-state index in [1.54, 1.807) is 11.3 Å². The van der Waals surface area contributed by atoms with Gasteiger partial charge < -0.3 is 10.3 Å². The van der Waals surface area contributed by atoms with Crippen LogP contribution in [0.4, 0.5) is 5.95 Å². The third-order valence-electron chi connectivity index (χ3n) is 2.16. The Morgan fingerprint density at radius 1 is 1.50 bits per heavy atom. The van der Waals surface area contributed by atoms with E-state index in [4.69, 9.17) is 5.73 Å². The van der Waals surface area contributed by atoms with Crippen LogP contribution in [0.2, 0.25) is 0 Å². The average molecular weight is 207 g/mol. The van der Waals surface area contributed by atoms with Crippen molar-refractivity contribution in [1.82, 2.24) is 9.55 Å². The zero-order valence-corrected chi connectivity index (χ0v) is 9.08. The molecule has 3 nitrogen and oxygen atoms in total. The maximum atomic E-state index is 5.80. The van der Waals surface area contributed by atoms with Gasteiger partial charge in [-0.1, -0.05) is 0 Å². The van der Waals surface area contributed by atoms with Gasteiger partial charge >= 0.3 is 0 Å². The molecule has 0 atom stereocenters. The molecule has 0 aromatic carbocycles. The van der Waals surface area contributed by atoms with Crippen LogP contribution in [0.15, 0.2) is 23.0 Å². The van der Waals surface area contributed by atoms with Gasteiger partial charge in [-0.15, -0.1) is 0 Å². The summed E-state index contributed by atoms with van der Waals surface area (Å²) in [5, 5.41) is 4.17. The maximum absolute atomic E-state index is 5.80. The minimum Gasteiger partial charge on any atom is -0.369 e. The lowest BCUT2D eigenvalue weighted by atomic mass is 10.2. The van der Waals surface area contributed by atoms with Gasteiger partial charge in [-0.3, -0.25) is 0 Å². The van der Waals surface area contributed by atoms with E-state index >= 15 is 0 Å². The predicted molar refractivity (Wildman–Crippen MR) is 60.3 cm³/mol. The summed E-state index contributed by atoms with van der Waals surface area (Å²) in [6, 6.07) is 2.42. The number of thiophene rings is 1. The van der Waals surface area contributed by atoms with E-state index in [0.29, 0.717) is 12.0 Å². The summed E-state index contributed by atoms with van der Waals surface area (Å²) < 4.78 is 2.04. The van der Waals surface area contributed by atoms with Crippen LogP contribution < -0.4 is 5.73 Å². The second-order valence-corrected chi connectivity index (χ2v) is 4.26. The van der Waals surface area contributed by atoms with Gasteiger partial charge in [0.2, 0.25) is 5.95 Å². The van der Waals surface area contributed by atoms with Crippen molar-refractivity contribution in [2.75, 3.05) is 5.73 Å². The Hall–Kier alpha value is -1.29. The molecule has 0 aliphatic heterocycles. The van der Waals surface area contributed by atoms with Crippen molar-refractivity contribution < 1.29 is 0 Å². The number of imidazole rings is 1. The molecule has 0 aliphatic carbocycles. The van der Waals surface area contributed by atoms with Gasteiger partial charge in [0.15, 0.2) is 0 Å². The highest BCUT2D eigenvalue weighted by Gasteiger charge is 2.11. The molecule has 0 aliphatic rings. The van der Waals surface area contributed by atoms with Crippen molar-refractivity contribution in [2.24, 2.45) is 0 Å². The molecule has 14 heavy (non-hydrogen) atoms. The maximum Gasteiger partial charge on any atom is 0.200 e. The first-order valence-electron chi connectivity index (χ1n) is 4.55. The summed E-state index contributed by atoms with van der Waals surface area (Å²) in [7, 11) is 0. The molecule has 0 unspecified atom stereocenters. The molecule has 0 saturated carbocycles. The van der Waals surface area contributed by atoms with Gasteiger partial charge in [0, 0.05) is 17.0 Å². The molecule has 2 heterocycles. The summed E-state index contributed by atoms with van der Waals surface area (Å²) in [5.74, 6) is 0.584. The Morgan fingerprint density at radius 3 is 2.86 bits per heavy atom. The highest BCUT2D eigenvalue weighted by atomic mass is 32.1. The number of hydrogen-bond acceptors (Lipinski definition) is 3. The number of aromatic nitrogens is 2. The molecule has 0 spiro atoms. The van der Waals surface area contributed by atoms with Gasteiger partial charge in [0.25, 0.3) is 0 Å². The Morgan fingerprint density at radius 2 is 2.29 bits per heavy atom. The molecular weight excluding hydrogens is 194 g/mol. The molecule has 2 rings (SSSR count). The molecule has 0 fully saturated rings. The first-order valence-corrected chi connectivity index (χ1v) is 5.49. The normalized spacial score (nSPS) is 11.1. The number of hydrogen-bond donors (Lipinski definition) is 1. The first kappa shape index (κ1) is 9.27. The Balaban J connectivity index is 2.54. The lowest BCUT2D eigenvalue weighted by molar-refractivity contribution is 0.615. The van der Waals surface area contributed by atoms with Crippen LogP contribution in [0, 0.1) is 0 Å². The number of nitrogen functional groups attached to an aromatic ring is 1. The molecule has 4 heteroatoms. The smallest absolute Gasteiger partial charge is 0.200 e. The fourth-order valence-electron chi connectivity index (χ4n) is 1.54. The van der Waals surface area contributed by atoms with Crippen LogP contribution >= 0.6 is 11.3 Å². The Labute approximate surface area is 87.2 Å². The van der Waals surface area contributed by atoms with Crippen molar-refractivity contribution in [3.63, 3.8) is 0 Å². The second-order valence-electron chi connectivity index (χ2n) is 3.48. The number of rotatable bonds is 2. The predicted octanol–water partition coefficient (Wildman–Crippen LogP) is 2.77. The van der Waals surface area contributed by atoms with Crippen molar-refractivity contribution in [1.29, 1.82) is 0 Å². The monoisotopic (exact) mass is 207 g/mol. The van der Waals surface area contributed by atoms with E-state index in [2.05, 4.69) is 35.7 Å². The van der Waals surface area contributed by atoms with Crippen LogP contribution in [0.1, 0.15) is 19.9 Å². The standard InChI is InChI=1S/C10H13N3S/c1-7(2)13-9(5-12-10(13)11)8-3-4-14-6-8/h3-7H,1-2H3,(H2,11,12). The van der Waals surface area contributed by atoms with Crippen LogP contribution in [-0.4, -0.2) is 9.55 Å². The molecule has 0 bridgehead atoms. The molecule has 0 amide bonds. The van der Waals surface area contributed by atoms with Gasteiger partial charge in [-0.05, 0) is 25.3 Å². The molecule has 0 radical (unpaired) electrons. The molecular formula is C10H13N3S. The number of nitrogens with two attached hydrogens (primary N) is 1. The van der Waals surface area contributed by atoms with Crippen LogP contribution in [0.25, 0.3) is 11.3 Å². The highest BCUT2D eigenvalue weighted by molar-refractivity contribution is 7.08. The van der Waals surface area contributed by atoms with Crippen LogP contribution in [0.3, 0.4) is 0 Å². The minimum absolute atomic E-state index is 0.340. The van der Waals surface area contributed by atoms with E-state index < -0.39 is 0 Å². The average Bonchev–Trinajstić information content (AvgIpc) is 2.70. The van der Waals surface area contributed by atoms with E-state index in [1.807, 2.05) is 10.8 Å². The molecule has 2 aromatic heterocycles. The molecule has 0 saturated heterocycles. The zero-order valence-electron chi connectivity index (χ0n) is 8.27. The summed E-state index contributed by atoms with van der Waals surface area (Å²) in [4.78, 5) is 4.14. The topological polar surface area (TPSA) is 43.8 Å². The van der Waals surface area contributed by atoms with Gasteiger partial charge in [0.1, 0.15) is 0 Å². The van der Waals surface area contributed by atoms with Crippen LogP contribution in [-0.2, 0) is 0 Å². The summed E-state index contributed by atoms with van der Waals surface area (Å²) in [6.45, 7) is 4.21. The van der Waals surface area contributed by atoms with Gasteiger partial charge in [-0.25, -0.2) is 4.98 Å². The number of nitrogens with zero attached hydrogens (tertiary/aromatic N) is 2. The lowest BCUT2D eigenvalue weighted by Gasteiger charge is -2.12.